The van der Waals surface area contributed by atoms with E-state index in [1.807, 2.05) is 38.1 Å². The number of alkyl halides is 3. The Balaban J connectivity index is 1.49. The summed E-state index contributed by atoms with van der Waals surface area (Å²) >= 11 is 0. The minimum absolute atomic E-state index is 0.122. The molecule has 1 atom stereocenters. The van der Waals surface area contributed by atoms with Crippen molar-refractivity contribution in [1.29, 1.82) is 0 Å². The number of aromatic nitrogens is 1. The van der Waals surface area contributed by atoms with Gasteiger partial charge in [0.15, 0.2) is 0 Å². The third-order valence-corrected chi connectivity index (χ3v) is 6.17. The number of halogens is 3. The van der Waals surface area contributed by atoms with Gasteiger partial charge in [-0.1, -0.05) is 6.07 Å². The highest BCUT2D eigenvalue weighted by atomic mass is 19.4. The third kappa shape index (κ3) is 5.96. The van der Waals surface area contributed by atoms with Gasteiger partial charge in [0.25, 0.3) is 0 Å². The van der Waals surface area contributed by atoms with Gasteiger partial charge in [-0.25, -0.2) is 9.78 Å². The van der Waals surface area contributed by atoms with Crippen molar-refractivity contribution in [3.05, 3.63) is 41.6 Å². The van der Waals surface area contributed by atoms with E-state index in [1.165, 1.54) is 4.90 Å². The first-order valence-corrected chi connectivity index (χ1v) is 11.2. The minimum atomic E-state index is -4.20. The minimum Gasteiger partial charge on any atom is -0.378 e. The normalized spacial score (nSPS) is 19.1. The average Bonchev–Trinajstić information content (AvgIpc) is 3.22. The summed E-state index contributed by atoms with van der Waals surface area (Å²) in [6, 6.07) is 9.36. The van der Waals surface area contributed by atoms with E-state index in [0.717, 1.165) is 41.3 Å². The van der Waals surface area contributed by atoms with Gasteiger partial charge in [-0.05, 0) is 67.1 Å². The summed E-state index contributed by atoms with van der Waals surface area (Å²) in [5.74, 6) is 0.359. The molecule has 0 spiro atoms. The van der Waals surface area contributed by atoms with E-state index in [0.29, 0.717) is 31.9 Å². The van der Waals surface area contributed by atoms with Gasteiger partial charge in [-0.15, -0.1) is 0 Å². The SMILES string of the molecule is Cc1cc(-c2cc(NC(=O)N3CC[C@@H](CC(F)(F)F)C3)ccc2C)cc(N2CCOCC2)n1. The quantitative estimate of drug-likeness (QED) is 0.694. The van der Waals surface area contributed by atoms with Gasteiger partial charge in [0.05, 0.1) is 13.2 Å². The zero-order valence-corrected chi connectivity index (χ0v) is 18.9. The lowest BCUT2D eigenvalue weighted by molar-refractivity contribution is -0.143. The largest absolute Gasteiger partial charge is 0.389 e. The van der Waals surface area contributed by atoms with Gasteiger partial charge in [-0.2, -0.15) is 13.2 Å². The van der Waals surface area contributed by atoms with E-state index >= 15 is 0 Å². The van der Waals surface area contributed by atoms with E-state index in [9.17, 15) is 18.0 Å². The molecule has 2 amide bonds. The Morgan fingerprint density at radius 2 is 1.91 bits per heavy atom. The number of ether oxygens (including phenoxy) is 1. The number of hydrogen-bond acceptors (Lipinski definition) is 4. The number of nitrogens with zero attached hydrogens (tertiary/aromatic N) is 3. The topological polar surface area (TPSA) is 57.7 Å². The molecule has 1 aromatic carbocycles. The molecule has 2 aromatic rings. The smallest absolute Gasteiger partial charge is 0.378 e. The number of anilines is 2. The van der Waals surface area contributed by atoms with Crippen LogP contribution in [-0.2, 0) is 4.74 Å². The second-order valence-corrected chi connectivity index (χ2v) is 8.83. The van der Waals surface area contributed by atoms with Gasteiger partial charge in [0.1, 0.15) is 5.82 Å². The summed E-state index contributed by atoms with van der Waals surface area (Å²) in [7, 11) is 0. The molecule has 2 saturated heterocycles. The number of aryl methyl sites for hydroxylation is 2. The fourth-order valence-electron chi connectivity index (χ4n) is 4.49. The summed E-state index contributed by atoms with van der Waals surface area (Å²) in [4.78, 5) is 21.0. The second kappa shape index (κ2) is 9.59. The molecule has 0 unspecified atom stereocenters. The van der Waals surface area contributed by atoms with Crippen molar-refractivity contribution >= 4 is 17.5 Å². The Hall–Kier alpha value is -2.81. The summed E-state index contributed by atoms with van der Waals surface area (Å²) in [5, 5.41) is 2.86. The van der Waals surface area contributed by atoms with Crippen LogP contribution in [0.4, 0.5) is 29.5 Å². The number of hydrogen-bond donors (Lipinski definition) is 1. The van der Waals surface area contributed by atoms with Gasteiger partial charge in [0.2, 0.25) is 0 Å². The summed E-state index contributed by atoms with van der Waals surface area (Å²) in [6.45, 7) is 7.34. The van der Waals surface area contributed by atoms with Crippen molar-refractivity contribution in [2.24, 2.45) is 5.92 Å². The molecule has 9 heteroatoms. The lowest BCUT2D eigenvalue weighted by atomic mass is 9.99. The highest BCUT2D eigenvalue weighted by Gasteiger charge is 2.36. The number of carbonyl (C=O) groups excluding carboxylic acids is 1. The predicted octanol–water partition coefficient (Wildman–Crippen LogP) is 5.01. The zero-order valence-electron chi connectivity index (χ0n) is 18.9. The Labute approximate surface area is 191 Å². The summed E-state index contributed by atoms with van der Waals surface area (Å²) < 4.78 is 43.4. The number of morpholine rings is 1. The highest BCUT2D eigenvalue weighted by molar-refractivity contribution is 5.90. The van der Waals surface area contributed by atoms with E-state index in [-0.39, 0.29) is 12.6 Å². The molecule has 0 bridgehead atoms. The van der Waals surface area contributed by atoms with Crippen LogP contribution in [0.15, 0.2) is 30.3 Å². The van der Waals surface area contributed by atoms with Crippen molar-refractivity contribution in [3.8, 4) is 11.1 Å². The molecule has 2 aliphatic rings. The van der Waals surface area contributed by atoms with Crippen LogP contribution in [0.1, 0.15) is 24.1 Å². The number of nitrogens with one attached hydrogen (secondary N) is 1. The summed E-state index contributed by atoms with van der Waals surface area (Å²) in [6.07, 6.45) is -4.68. The first kappa shape index (κ1) is 23.4. The maximum atomic E-state index is 12.7. The van der Waals surface area contributed by atoms with Crippen molar-refractivity contribution in [1.82, 2.24) is 9.88 Å². The Kier molecular flexibility index (Phi) is 6.78. The molecule has 0 radical (unpaired) electrons. The van der Waals surface area contributed by atoms with Crippen LogP contribution in [0.5, 0.6) is 0 Å². The second-order valence-electron chi connectivity index (χ2n) is 8.83. The molecular formula is C24H29F3N4O2. The van der Waals surface area contributed by atoms with Gasteiger partial charge >= 0.3 is 12.2 Å². The number of urea groups is 1. The third-order valence-electron chi connectivity index (χ3n) is 6.17. The first-order chi connectivity index (χ1) is 15.7. The number of rotatable bonds is 4. The number of benzene rings is 1. The van der Waals surface area contributed by atoms with Crippen LogP contribution in [0.3, 0.4) is 0 Å². The predicted molar refractivity (Wildman–Crippen MR) is 122 cm³/mol. The van der Waals surface area contributed by atoms with Gasteiger partial charge in [-0.3, -0.25) is 0 Å². The van der Waals surface area contributed by atoms with E-state index in [4.69, 9.17) is 4.74 Å². The maximum Gasteiger partial charge on any atom is 0.389 e. The first-order valence-electron chi connectivity index (χ1n) is 11.2. The number of carbonyl (C=O) groups is 1. The van der Waals surface area contributed by atoms with Gasteiger partial charge < -0.3 is 19.9 Å². The number of pyridine rings is 1. The van der Waals surface area contributed by atoms with E-state index < -0.39 is 18.5 Å². The van der Waals surface area contributed by atoms with Gasteiger partial charge in [0, 0.05) is 44.0 Å². The van der Waals surface area contributed by atoms with Crippen molar-refractivity contribution in [2.45, 2.75) is 32.9 Å². The molecule has 1 N–H and O–H groups in total. The molecule has 1 aromatic heterocycles. The molecule has 3 heterocycles. The van der Waals surface area contributed by atoms with Crippen molar-refractivity contribution < 1.29 is 22.7 Å². The highest BCUT2D eigenvalue weighted by Crippen LogP contribution is 2.32. The molecule has 4 rings (SSSR count). The van der Waals surface area contributed by atoms with Crippen LogP contribution in [0, 0.1) is 19.8 Å². The Bertz CT molecular complexity index is 1010. The molecule has 2 fully saturated rings. The average molecular weight is 463 g/mol. The molecule has 0 aliphatic carbocycles. The van der Waals surface area contributed by atoms with Crippen molar-refractivity contribution in [3.63, 3.8) is 0 Å². The lowest BCUT2D eigenvalue weighted by Gasteiger charge is -2.28. The monoisotopic (exact) mass is 462 g/mol. The summed E-state index contributed by atoms with van der Waals surface area (Å²) in [5.41, 5.74) is 4.55. The van der Waals surface area contributed by atoms with Crippen LogP contribution in [-0.4, -0.2) is 61.5 Å². The fraction of sp³-hybridized carbons (Fsp3) is 0.500. The molecular weight excluding hydrogens is 433 g/mol. The van der Waals surface area contributed by atoms with Crippen LogP contribution in [0.25, 0.3) is 11.1 Å². The molecule has 2 aliphatic heterocycles. The Morgan fingerprint density at radius 3 is 2.64 bits per heavy atom. The maximum absolute atomic E-state index is 12.7. The number of amides is 2. The van der Waals surface area contributed by atoms with Crippen LogP contribution < -0.4 is 10.2 Å². The van der Waals surface area contributed by atoms with E-state index in [1.54, 1.807) is 0 Å². The van der Waals surface area contributed by atoms with E-state index in [2.05, 4.69) is 21.3 Å². The van der Waals surface area contributed by atoms with Crippen LogP contribution >= 0.6 is 0 Å². The molecule has 6 nitrogen and oxygen atoms in total. The molecule has 0 saturated carbocycles. The van der Waals surface area contributed by atoms with Crippen LogP contribution in [0.2, 0.25) is 0 Å². The lowest BCUT2D eigenvalue weighted by Crippen LogP contribution is -2.36. The zero-order chi connectivity index (χ0) is 23.6. The standard InChI is InChI=1S/C24H29F3N4O2/c1-16-3-4-20(29-23(32)31-6-5-18(15-31)14-24(25,26)27)13-21(16)19-11-17(2)28-22(12-19)30-7-9-33-10-8-30/h3-4,11-13,18H,5-10,14-15H2,1-2H3,(H,29,32)/t18-/m0/s1. The molecule has 178 valence electrons. The Morgan fingerprint density at radius 1 is 1.15 bits per heavy atom. The number of likely N-dealkylation sites (tertiary alicyclic amines) is 1. The fourth-order valence-corrected chi connectivity index (χ4v) is 4.49. The molecule has 33 heavy (non-hydrogen) atoms. The van der Waals surface area contributed by atoms with Crippen molar-refractivity contribution in [2.75, 3.05) is 49.6 Å².